The minimum absolute atomic E-state index is 0.0197. The molecule has 2 aromatic rings. The van der Waals surface area contributed by atoms with Crippen LogP contribution in [0.25, 0.3) is 0 Å². The van der Waals surface area contributed by atoms with Crippen molar-refractivity contribution in [3.8, 4) is 5.75 Å². The highest BCUT2D eigenvalue weighted by atomic mass is 32.2. The second-order valence-electron chi connectivity index (χ2n) is 5.71. The molecule has 0 aliphatic heterocycles. The molecule has 25 heavy (non-hydrogen) atoms. The van der Waals surface area contributed by atoms with Gasteiger partial charge in [0, 0.05) is 12.1 Å². The zero-order valence-electron chi connectivity index (χ0n) is 13.4. The predicted molar refractivity (Wildman–Crippen MR) is 87.5 cm³/mol. The lowest BCUT2D eigenvalue weighted by Crippen LogP contribution is -2.18. The number of benzene rings is 1. The quantitative estimate of drug-likeness (QED) is 0.782. The summed E-state index contributed by atoms with van der Waals surface area (Å²) in [5.74, 6) is -0.375. The van der Waals surface area contributed by atoms with E-state index in [4.69, 9.17) is 9.15 Å². The van der Waals surface area contributed by atoms with Crippen LogP contribution in [0.3, 0.4) is 0 Å². The molecule has 1 aromatic heterocycles. The van der Waals surface area contributed by atoms with E-state index in [9.17, 15) is 17.6 Å². The van der Waals surface area contributed by atoms with Gasteiger partial charge in [-0.15, -0.1) is 0 Å². The lowest BCUT2D eigenvalue weighted by molar-refractivity contribution is 0.102. The molecule has 9 heteroatoms. The Morgan fingerprint density at radius 3 is 2.80 bits per heavy atom. The van der Waals surface area contributed by atoms with Crippen LogP contribution in [0.2, 0.25) is 0 Å². The van der Waals surface area contributed by atoms with Crippen LogP contribution in [0.5, 0.6) is 5.75 Å². The summed E-state index contributed by atoms with van der Waals surface area (Å²) < 4.78 is 49.3. The number of hydrogen-bond donors (Lipinski definition) is 2. The van der Waals surface area contributed by atoms with Gasteiger partial charge in [0.05, 0.1) is 17.9 Å². The van der Waals surface area contributed by atoms with E-state index in [1.165, 1.54) is 25.2 Å². The van der Waals surface area contributed by atoms with Crippen molar-refractivity contribution in [1.82, 2.24) is 4.72 Å². The summed E-state index contributed by atoms with van der Waals surface area (Å²) in [6, 6.07) is 4.90. The molecule has 134 valence electrons. The number of hydrogen-bond acceptors (Lipinski definition) is 5. The Labute approximate surface area is 144 Å². The Morgan fingerprint density at radius 2 is 2.12 bits per heavy atom. The maximum atomic E-state index is 13.4. The second kappa shape index (κ2) is 6.85. The van der Waals surface area contributed by atoms with E-state index >= 15 is 0 Å². The average molecular weight is 368 g/mol. The number of sulfonamides is 1. The molecule has 3 rings (SSSR count). The maximum absolute atomic E-state index is 13.4. The largest absolute Gasteiger partial charge is 0.491 e. The molecule has 1 aliphatic rings. The Balaban J connectivity index is 1.76. The van der Waals surface area contributed by atoms with Crippen LogP contribution in [-0.4, -0.2) is 28.0 Å². The topological polar surface area (TPSA) is 97.6 Å². The first kappa shape index (κ1) is 17.4. The number of carbonyl (C=O) groups is 1. The van der Waals surface area contributed by atoms with Gasteiger partial charge in [-0.25, -0.2) is 17.5 Å². The van der Waals surface area contributed by atoms with E-state index in [1.54, 1.807) is 0 Å². The molecule has 1 fully saturated rings. The average Bonchev–Trinajstić information content (AvgIpc) is 3.27. The highest BCUT2D eigenvalue weighted by Gasteiger charge is 2.23. The standard InChI is InChI=1S/C16H17FN2O5S/c1-18-25(21,22)15-6-11(9-24-15)16(20)19-13-5-4-12(17)7-14(13)23-8-10-2-3-10/h4-7,9-10,18H,2-3,8H2,1H3,(H,19,20). The predicted octanol–water partition coefficient (Wildman–Crippen LogP) is 2.37. The van der Waals surface area contributed by atoms with Crippen LogP contribution in [0.1, 0.15) is 23.2 Å². The molecule has 2 N–H and O–H groups in total. The molecule has 0 bridgehead atoms. The fourth-order valence-electron chi connectivity index (χ4n) is 2.08. The number of furan rings is 1. The van der Waals surface area contributed by atoms with Gasteiger partial charge < -0.3 is 14.5 Å². The van der Waals surface area contributed by atoms with Gasteiger partial charge in [-0.1, -0.05) is 0 Å². The van der Waals surface area contributed by atoms with Crippen LogP contribution in [0.4, 0.5) is 10.1 Å². The molecule has 1 saturated carbocycles. The van der Waals surface area contributed by atoms with Crippen molar-refractivity contribution in [1.29, 1.82) is 0 Å². The minimum Gasteiger partial charge on any atom is -0.491 e. The fourth-order valence-corrected chi connectivity index (χ4v) is 2.74. The lowest BCUT2D eigenvalue weighted by Gasteiger charge is -2.12. The fraction of sp³-hybridized carbons (Fsp3) is 0.312. The van der Waals surface area contributed by atoms with E-state index in [0.717, 1.165) is 25.2 Å². The first-order valence-corrected chi connectivity index (χ1v) is 9.13. The molecule has 0 radical (unpaired) electrons. The van der Waals surface area contributed by atoms with Crippen LogP contribution in [-0.2, 0) is 10.0 Å². The highest BCUT2D eigenvalue weighted by molar-refractivity contribution is 7.89. The normalized spacial score (nSPS) is 14.3. The van der Waals surface area contributed by atoms with Gasteiger partial charge in [-0.3, -0.25) is 4.79 Å². The molecule has 1 heterocycles. The van der Waals surface area contributed by atoms with E-state index in [-0.39, 0.29) is 16.4 Å². The second-order valence-corrected chi connectivity index (χ2v) is 7.53. The Kier molecular flexibility index (Phi) is 4.78. The molecule has 1 aromatic carbocycles. The van der Waals surface area contributed by atoms with Crippen molar-refractivity contribution in [2.75, 3.05) is 19.0 Å². The molecule has 1 amide bonds. The Hall–Kier alpha value is -2.39. The Morgan fingerprint density at radius 1 is 1.36 bits per heavy atom. The monoisotopic (exact) mass is 368 g/mol. The molecule has 7 nitrogen and oxygen atoms in total. The van der Waals surface area contributed by atoms with Crippen molar-refractivity contribution >= 4 is 21.6 Å². The van der Waals surface area contributed by atoms with Crippen molar-refractivity contribution < 1.29 is 26.8 Å². The van der Waals surface area contributed by atoms with Crippen LogP contribution >= 0.6 is 0 Å². The van der Waals surface area contributed by atoms with E-state index in [2.05, 4.69) is 10.0 Å². The van der Waals surface area contributed by atoms with Crippen LogP contribution in [0.15, 0.2) is 40.0 Å². The van der Waals surface area contributed by atoms with Gasteiger partial charge in [0.15, 0.2) is 0 Å². The van der Waals surface area contributed by atoms with Crippen molar-refractivity contribution in [3.05, 3.63) is 41.9 Å². The van der Waals surface area contributed by atoms with Crippen molar-refractivity contribution in [3.63, 3.8) is 0 Å². The number of halogens is 1. The summed E-state index contributed by atoms with van der Waals surface area (Å²) in [5, 5.41) is 2.20. The Bertz CT molecular complexity index is 890. The van der Waals surface area contributed by atoms with Gasteiger partial charge in [0.2, 0.25) is 5.09 Å². The molecule has 1 aliphatic carbocycles. The number of nitrogens with one attached hydrogen (secondary N) is 2. The minimum atomic E-state index is -3.78. The third kappa shape index (κ3) is 4.18. The summed E-state index contributed by atoms with van der Waals surface area (Å²) in [5.41, 5.74) is 0.317. The SMILES string of the molecule is CNS(=O)(=O)c1cc(C(=O)Nc2ccc(F)cc2OCC2CC2)co1. The molecular weight excluding hydrogens is 351 g/mol. The molecule has 0 spiro atoms. The molecule has 0 saturated heterocycles. The van der Waals surface area contributed by atoms with Crippen LogP contribution < -0.4 is 14.8 Å². The van der Waals surface area contributed by atoms with E-state index in [1.807, 2.05) is 0 Å². The summed E-state index contributed by atoms with van der Waals surface area (Å²) in [7, 11) is -2.54. The number of ether oxygens (including phenoxy) is 1. The summed E-state index contributed by atoms with van der Waals surface area (Å²) in [6.45, 7) is 0.461. The van der Waals surface area contributed by atoms with Gasteiger partial charge in [-0.2, -0.15) is 0 Å². The summed E-state index contributed by atoms with van der Waals surface area (Å²) >= 11 is 0. The van der Waals surface area contributed by atoms with Gasteiger partial charge in [-0.05, 0) is 37.9 Å². The first-order valence-electron chi connectivity index (χ1n) is 7.65. The number of rotatable bonds is 7. The first-order chi connectivity index (χ1) is 11.9. The summed E-state index contributed by atoms with van der Waals surface area (Å²) in [4.78, 5) is 12.3. The van der Waals surface area contributed by atoms with Gasteiger partial charge >= 0.3 is 0 Å². The van der Waals surface area contributed by atoms with Crippen LogP contribution in [0, 0.1) is 11.7 Å². The molecule has 0 atom stereocenters. The van der Waals surface area contributed by atoms with Gasteiger partial charge in [0.1, 0.15) is 17.8 Å². The lowest BCUT2D eigenvalue weighted by atomic mass is 10.2. The highest BCUT2D eigenvalue weighted by Crippen LogP contribution is 2.32. The van der Waals surface area contributed by atoms with E-state index < -0.39 is 21.7 Å². The van der Waals surface area contributed by atoms with Crippen molar-refractivity contribution in [2.24, 2.45) is 5.92 Å². The number of carbonyl (C=O) groups excluding carboxylic acids is 1. The molecular formula is C16H17FN2O5S. The zero-order chi connectivity index (χ0) is 18.0. The smallest absolute Gasteiger partial charge is 0.273 e. The molecule has 0 unspecified atom stereocenters. The van der Waals surface area contributed by atoms with Gasteiger partial charge in [0.25, 0.3) is 15.9 Å². The van der Waals surface area contributed by atoms with Crippen molar-refractivity contribution in [2.45, 2.75) is 17.9 Å². The third-order valence-corrected chi connectivity index (χ3v) is 5.02. The number of anilines is 1. The number of amides is 1. The van der Waals surface area contributed by atoms with E-state index in [0.29, 0.717) is 18.2 Å². The zero-order valence-corrected chi connectivity index (χ0v) is 14.2. The summed E-state index contributed by atoms with van der Waals surface area (Å²) in [6.07, 6.45) is 3.19. The third-order valence-electron chi connectivity index (χ3n) is 3.73. The maximum Gasteiger partial charge on any atom is 0.273 e.